The highest BCUT2D eigenvalue weighted by atomic mass is 35.5. The van der Waals surface area contributed by atoms with E-state index in [1.165, 1.54) is 0 Å². The van der Waals surface area contributed by atoms with E-state index in [2.05, 4.69) is 20.3 Å². The summed E-state index contributed by atoms with van der Waals surface area (Å²) in [5.74, 6) is 1.28. The monoisotopic (exact) mass is 250 g/mol. The average Bonchev–Trinajstić information content (AvgIpc) is 2.37. The molecule has 0 fully saturated rings. The molecular weight excluding hydrogens is 240 g/mol. The Bertz CT molecular complexity index is 489. The lowest BCUT2D eigenvalue weighted by Gasteiger charge is -2.05. The molecule has 2 aromatic heterocycles. The lowest BCUT2D eigenvalue weighted by atomic mass is 10.3. The van der Waals surface area contributed by atoms with E-state index in [0.29, 0.717) is 18.2 Å². The second-order valence-electron chi connectivity index (χ2n) is 3.27. The van der Waals surface area contributed by atoms with Gasteiger partial charge in [-0.05, 0) is 23.2 Å². The van der Waals surface area contributed by atoms with Crippen LogP contribution in [-0.2, 0) is 6.54 Å². The molecule has 2 aromatic rings. The van der Waals surface area contributed by atoms with Crippen LogP contribution in [0.2, 0.25) is 5.28 Å². The summed E-state index contributed by atoms with van der Waals surface area (Å²) in [5, 5.41) is 3.35. The van der Waals surface area contributed by atoms with Crippen molar-refractivity contribution in [2.75, 3.05) is 12.4 Å². The lowest BCUT2D eigenvalue weighted by molar-refractivity contribution is 0.397. The molecule has 0 unspecified atom stereocenters. The molecule has 0 bridgehead atoms. The van der Waals surface area contributed by atoms with Gasteiger partial charge in [0.05, 0.1) is 7.11 Å². The minimum absolute atomic E-state index is 0.225. The molecule has 2 heterocycles. The van der Waals surface area contributed by atoms with Gasteiger partial charge in [0.15, 0.2) is 0 Å². The molecule has 88 valence electrons. The molecule has 0 saturated carbocycles. The molecule has 2 rings (SSSR count). The highest BCUT2D eigenvalue weighted by Gasteiger charge is 1.98. The maximum absolute atomic E-state index is 5.68. The van der Waals surface area contributed by atoms with Crippen LogP contribution < -0.4 is 10.1 Å². The third kappa shape index (κ3) is 3.29. The van der Waals surface area contributed by atoms with Crippen LogP contribution in [-0.4, -0.2) is 22.1 Å². The van der Waals surface area contributed by atoms with E-state index in [4.69, 9.17) is 16.3 Å². The molecule has 0 aromatic carbocycles. The smallest absolute Gasteiger partial charge is 0.224 e. The number of halogens is 1. The Morgan fingerprint density at radius 2 is 2.18 bits per heavy atom. The van der Waals surface area contributed by atoms with Gasteiger partial charge in [0.25, 0.3) is 0 Å². The lowest BCUT2D eigenvalue weighted by Crippen LogP contribution is -2.02. The van der Waals surface area contributed by atoms with Crippen molar-refractivity contribution in [1.82, 2.24) is 15.0 Å². The number of ether oxygens (including phenoxy) is 1. The third-order valence-corrected chi connectivity index (χ3v) is 2.29. The van der Waals surface area contributed by atoms with Crippen molar-refractivity contribution in [2.45, 2.75) is 6.54 Å². The van der Waals surface area contributed by atoms with Crippen molar-refractivity contribution in [3.05, 3.63) is 41.4 Å². The summed E-state index contributed by atoms with van der Waals surface area (Å²) in [5.41, 5.74) is 1.03. The minimum atomic E-state index is 0.225. The highest BCUT2D eigenvalue weighted by Crippen LogP contribution is 2.10. The van der Waals surface area contributed by atoms with Crippen LogP contribution in [0.25, 0.3) is 0 Å². The largest absolute Gasteiger partial charge is 0.481 e. The number of nitrogens with zero attached hydrogens (tertiary/aromatic N) is 3. The summed E-state index contributed by atoms with van der Waals surface area (Å²) < 4.78 is 4.98. The number of nitrogens with one attached hydrogen (secondary N) is 1. The summed E-state index contributed by atoms with van der Waals surface area (Å²) in [4.78, 5) is 11.9. The Hall–Kier alpha value is -1.88. The van der Waals surface area contributed by atoms with Crippen LogP contribution in [0.4, 0.5) is 5.82 Å². The first-order valence-corrected chi connectivity index (χ1v) is 5.37. The molecule has 0 radical (unpaired) electrons. The van der Waals surface area contributed by atoms with Gasteiger partial charge in [-0.2, -0.15) is 0 Å². The molecule has 17 heavy (non-hydrogen) atoms. The average molecular weight is 251 g/mol. The number of hydrogen-bond acceptors (Lipinski definition) is 5. The van der Waals surface area contributed by atoms with E-state index in [1.54, 1.807) is 25.6 Å². The van der Waals surface area contributed by atoms with Gasteiger partial charge in [0, 0.05) is 25.0 Å². The van der Waals surface area contributed by atoms with E-state index in [1.807, 2.05) is 12.1 Å². The Balaban J connectivity index is 1.97. The number of pyridine rings is 1. The minimum Gasteiger partial charge on any atom is -0.481 e. The summed E-state index contributed by atoms with van der Waals surface area (Å²) >= 11 is 5.68. The standard InChI is InChI=1S/C11H11ClN4O/c1-17-10-3-2-8(7-15-10)6-14-9-4-5-13-11(12)16-9/h2-5,7H,6H2,1H3,(H,13,14,16). The molecule has 0 aliphatic carbocycles. The van der Waals surface area contributed by atoms with Crippen LogP contribution in [0.5, 0.6) is 5.88 Å². The van der Waals surface area contributed by atoms with Gasteiger partial charge >= 0.3 is 0 Å². The highest BCUT2D eigenvalue weighted by molar-refractivity contribution is 6.28. The van der Waals surface area contributed by atoms with Crippen molar-refractivity contribution >= 4 is 17.4 Å². The Morgan fingerprint density at radius 3 is 2.82 bits per heavy atom. The number of rotatable bonds is 4. The first kappa shape index (κ1) is 11.6. The van der Waals surface area contributed by atoms with Crippen molar-refractivity contribution in [1.29, 1.82) is 0 Å². The molecular formula is C11H11ClN4O. The number of anilines is 1. The van der Waals surface area contributed by atoms with Crippen molar-refractivity contribution < 1.29 is 4.74 Å². The van der Waals surface area contributed by atoms with Gasteiger partial charge in [-0.25, -0.2) is 15.0 Å². The quantitative estimate of drug-likeness (QED) is 0.843. The zero-order valence-corrected chi connectivity index (χ0v) is 9.98. The van der Waals surface area contributed by atoms with E-state index in [-0.39, 0.29) is 5.28 Å². The van der Waals surface area contributed by atoms with Crippen LogP contribution in [0, 0.1) is 0 Å². The van der Waals surface area contributed by atoms with Crippen LogP contribution in [0.15, 0.2) is 30.6 Å². The van der Waals surface area contributed by atoms with Gasteiger partial charge in [-0.1, -0.05) is 6.07 Å². The third-order valence-electron chi connectivity index (χ3n) is 2.11. The van der Waals surface area contributed by atoms with E-state index in [9.17, 15) is 0 Å². The van der Waals surface area contributed by atoms with Gasteiger partial charge in [0.2, 0.25) is 11.2 Å². The summed E-state index contributed by atoms with van der Waals surface area (Å²) in [6, 6.07) is 5.49. The predicted molar refractivity (Wildman–Crippen MR) is 65.2 cm³/mol. The fourth-order valence-corrected chi connectivity index (χ4v) is 1.41. The second kappa shape index (κ2) is 5.45. The van der Waals surface area contributed by atoms with Crippen molar-refractivity contribution in [3.63, 3.8) is 0 Å². The molecule has 0 atom stereocenters. The first-order valence-electron chi connectivity index (χ1n) is 4.99. The topological polar surface area (TPSA) is 59.9 Å². The van der Waals surface area contributed by atoms with Gasteiger partial charge in [-0.15, -0.1) is 0 Å². The zero-order chi connectivity index (χ0) is 12.1. The normalized spacial score (nSPS) is 10.0. The Morgan fingerprint density at radius 1 is 1.29 bits per heavy atom. The molecule has 0 spiro atoms. The van der Waals surface area contributed by atoms with Gasteiger partial charge in [0.1, 0.15) is 5.82 Å². The number of methoxy groups -OCH3 is 1. The fraction of sp³-hybridized carbons (Fsp3) is 0.182. The van der Waals surface area contributed by atoms with E-state index in [0.717, 1.165) is 5.56 Å². The van der Waals surface area contributed by atoms with Crippen LogP contribution in [0.1, 0.15) is 5.56 Å². The Labute approximate surface area is 104 Å². The summed E-state index contributed by atoms with van der Waals surface area (Å²) in [7, 11) is 1.59. The molecule has 1 N–H and O–H groups in total. The van der Waals surface area contributed by atoms with E-state index >= 15 is 0 Å². The molecule has 0 amide bonds. The summed E-state index contributed by atoms with van der Waals surface area (Å²) in [6.07, 6.45) is 3.35. The first-order chi connectivity index (χ1) is 8.28. The summed E-state index contributed by atoms with van der Waals surface area (Å²) in [6.45, 7) is 0.615. The van der Waals surface area contributed by atoms with E-state index < -0.39 is 0 Å². The predicted octanol–water partition coefficient (Wildman–Crippen LogP) is 2.15. The van der Waals surface area contributed by atoms with Crippen LogP contribution in [0.3, 0.4) is 0 Å². The van der Waals surface area contributed by atoms with Crippen LogP contribution >= 0.6 is 11.6 Å². The molecule has 0 saturated heterocycles. The van der Waals surface area contributed by atoms with Gasteiger partial charge < -0.3 is 10.1 Å². The molecule has 6 heteroatoms. The van der Waals surface area contributed by atoms with Gasteiger partial charge in [-0.3, -0.25) is 0 Å². The number of hydrogen-bond donors (Lipinski definition) is 1. The molecule has 0 aliphatic heterocycles. The maximum atomic E-state index is 5.68. The Kier molecular flexibility index (Phi) is 3.72. The maximum Gasteiger partial charge on any atom is 0.224 e. The molecule has 5 nitrogen and oxygen atoms in total. The number of aromatic nitrogens is 3. The second-order valence-corrected chi connectivity index (χ2v) is 3.61. The zero-order valence-electron chi connectivity index (χ0n) is 9.22. The molecule has 0 aliphatic rings. The SMILES string of the molecule is COc1ccc(CNc2ccnc(Cl)n2)cn1. The fourth-order valence-electron chi connectivity index (χ4n) is 1.26. The van der Waals surface area contributed by atoms with Crippen molar-refractivity contribution in [3.8, 4) is 5.88 Å². The van der Waals surface area contributed by atoms with Crippen molar-refractivity contribution in [2.24, 2.45) is 0 Å².